The predicted molar refractivity (Wildman–Crippen MR) is 135 cm³/mol. The summed E-state index contributed by atoms with van der Waals surface area (Å²) in [4.78, 5) is 29.1. The molecule has 0 aromatic heterocycles. The van der Waals surface area contributed by atoms with Gasteiger partial charge in [-0.25, -0.2) is 5.01 Å². The zero-order chi connectivity index (χ0) is 23.7. The van der Waals surface area contributed by atoms with Crippen molar-refractivity contribution in [2.75, 3.05) is 38.1 Å². The molecule has 0 radical (unpaired) electrons. The maximum atomic E-state index is 12.5. The third-order valence-electron chi connectivity index (χ3n) is 8.91. The number of carbonyl (C=O) groups excluding carboxylic acids is 2. The topological polar surface area (TPSA) is 67.9 Å². The third kappa shape index (κ3) is 4.62. The van der Waals surface area contributed by atoms with Crippen LogP contribution < -0.4 is 15.6 Å². The molecule has 3 heterocycles. The Balaban J connectivity index is 1.19. The van der Waals surface area contributed by atoms with Crippen LogP contribution in [0.3, 0.4) is 0 Å². The fourth-order valence-corrected chi connectivity index (χ4v) is 7.09. The first-order chi connectivity index (χ1) is 16.6. The molecule has 2 N–H and O–H groups in total. The Labute approximate surface area is 204 Å². The van der Waals surface area contributed by atoms with Gasteiger partial charge in [-0.2, -0.15) is 0 Å². The summed E-state index contributed by atoms with van der Waals surface area (Å²) in [5, 5.41) is 4.93. The second-order valence-corrected chi connectivity index (χ2v) is 10.5. The number of hydrazine groups is 1. The Hall–Kier alpha value is -1.96. The van der Waals surface area contributed by atoms with Gasteiger partial charge in [0, 0.05) is 37.3 Å². The monoisotopic (exact) mass is 467 g/mol. The van der Waals surface area contributed by atoms with Crippen molar-refractivity contribution in [3.05, 3.63) is 29.3 Å². The molecule has 1 saturated carbocycles. The minimum absolute atomic E-state index is 0.129. The zero-order valence-corrected chi connectivity index (χ0v) is 20.9. The highest BCUT2D eigenvalue weighted by Gasteiger charge is 2.37. The van der Waals surface area contributed by atoms with Gasteiger partial charge >= 0.3 is 0 Å². The first kappa shape index (κ1) is 23.8. The molecule has 2 saturated heterocycles. The highest BCUT2D eigenvalue weighted by molar-refractivity contribution is 6.02. The number of likely N-dealkylation sites (tertiary alicyclic amines) is 1. The first-order valence-corrected chi connectivity index (χ1v) is 13.5. The molecular weight excluding hydrogens is 426 g/mol. The molecule has 1 unspecified atom stereocenters. The molecule has 7 heteroatoms. The van der Waals surface area contributed by atoms with Crippen LogP contribution in [-0.4, -0.2) is 73.1 Å². The molecular formula is C27H41N5O2. The molecule has 1 aromatic carbocycles. The average Bonchev–Trinajstić information content (AvgIpc) is 3.29. The van der Waals surface area contributed by atoms with E-state index in [1.54, 1.807) is 0 Å². The number of hydrogen-bond acceptors (Lipinski definition) is 6. The van der Waals surface area contributed by atoms with Gasteiger partial charge in [-0.15, -0.1) is 0 Å². The third-order valence-corrected chi connectivity index (χ3v) is 8.91. The fraction of sp³-hybridized carbons (Fsp3) is 0.704. The van der Waals surface area contributed by atoms with Crippen LogP contribution in [0, 0.1) is 0 Å². The smallest absolute Gasteiger partial charge is 0.249 e. The van der Waals surface area contributed by atoms with E-state index in [1.807, 2.05) is 7.05 Å². The Morgan fingerprint density at radius 2 is 1.76 bits per heavy atom. The van der Waals surface area contributed by atoms with Crippen molar-refractivity contribution in [2.45, 2.75) is 88.8 Å². The van der Waals surface area contributed by atoms with Gasteiger partial charge in [0.2, 0.25) is 11.8 Å². The second-order valence-electron chi connectivity index (χ2n) is 10.5. The van der Waals surface area contributed by atoms with Crippen molar-refractivity contribution in [1.29, 1.82) is 0 Å². The van der Waals surface area contributed by atoms with Gasteiger partial charge in [0.25, 0.3) is 0 Å². The number of benzene rings is 1. The van der Waals surface area contributed by atoms with Crippen molar-refractivity contribution < 1.29 is 9.59 Å². The minimum atomic E-state index is -0.209. The number of rotatable bonds is 6. The lowest BCUT2D eigenvalue weighted by atomic mass is 9.79. The minimum Gasteiger partial charge on any atom is -0.359 e. The predicted octanol–water partition coefficient (Wildman–Crippen LogP) is 2.80. The fourth-order valence-electron chi connectivity index (χ4n) is 7.09. The Morgan fingerprint density at radius 3 is 2.44 bits per heavy atom. The summed E-state index contributed by atoms with van der Waals surface area (Å²) in [6.07, 6.45) is 9.70. The normalized spacial score (nSPS) is 28.9. The summed E-state index contributed by atoms with van der Waals surface area (Å²) >= 11 is 0. The summed E-state index contributed by atoms with van der Waals surface area (Å²) in [5.74, 6) is 0.362. The number of amides is 2. The largest absolute Gasteiger partial charge is 0.359 e. The van der Waals surface area contributed by atoms with E-state index in [4.69, 9.17) is 0 Å². The first-order valence-electron chi connectivity index (χ1n) is 13.5. The van der Waals surface area contributed by atoms with Gasteiger partial charge in [0.15, 0.2) is 0 Å². The molecule has 5 rings (SSSR count). The van der Waals surface area contributed by atoms with Gasteiger partial charge in [-0.1, -0.05) is 19.1 Å². The molecule has 2 amide bonds. The summed E-state index contributed by atoms with van der Waals surface area (Å²) in [7, 11) is 2.04. The molecule has 3 aliphatic heterocycles. The van der Waals surface area contributed by atoms with Gasteiger partial charge in [0.05, 0.1) is 0 Å². The highest BCUT2D eigenvalue weighted by atomic mass is 16.2. The van der Waals surface area contributed by atoms with Crippen LogP contribution in [0.2, 0.25) is 0 Å². The number of hydrogen-bond donors (Lipinski definition) is 2. The maximum absolute atomic E-state index is 12.5. The summed E-state index contributed by atoms with van der Waals surface area (Å²) < 4.78 is 0. The second kappa shape index (κ2) is 10.3. The summed E-state index contributed by atoms with van der Waals surface area (Å²) in [5.41, 5.74) is 7.54. The van der Waals surface area contributed by atoms with Crippen molar-refractivity contribution in [3.63, 3.8) is 0 Å². The van der Waals surface area contributed by atoms with Gasteiger partial charge in [-0.3, -0.25) is 20.3 Å². The van der Waals surface area contributed by atoms with Crippen LogP contribution in [0.4, 0.5) is 5.69 Å². The molecule has 0 bridgehead atoms. The number of fused-ring (bicyclic) bond motifs is 1. The Kier molecular flexibility index (Phi) is 7.23. The van der Waals surface area contributed by atoms with Crippen LogP contribution >= 0.6 is 0 Å². The molecule has 34 heavy (non-hydrogen) atoms. The van der Waals surface area contributed by atoms with E-state index < -0.39 is 0 Å². The lowest BCUT2D eigenvalue weighted by molar-refractivity contribution is -0.134. The molecule has 186 valence electrons. The number of piperidine rings is 2. The van der Waals surface area contributed by atoms with Crippen molar-refractivity contribution in [2.24, 2.45) is 0 Å². The Bertz CT molecular complexity index is 885. The highest BCUT2D eigenvalue weighted by Crippen LogP contribution is 2.42. The van der Waals surface area contributed by atoms with Gasteiger partial charge in [0.1, 0.15) is 6.04 Å². The number of carbonyl (C=O) groups is 2. The molecule has 4 aliphatic rings. The Morgan fingerprint density at radius 1 is 1.00 bits per heavy atom. The van der Waals surface area contributed by atoms with Crippen LogP contribution in [0.25, 0.3) is 0 Å². The zero-order valence-electron chi connectivity index (χ0n) is 20.9. The number of nitrogens with zero attached hydrogens (tertiary/aromatic N) is 3. The molecule has 3 fully saturated rings. The van der Waals surface area contributed by atoms with E-state index >= 15 is 0 Å². The van der Waals surface area contributed by atoms with Gasteiger partial charge in [-0.05, 0) is 94.6 Å². The van der Waals surface area contributed by atoms with E-state index in [2.05, 4.69) is 50.7 Å². The number of imide groups is 1. The van der Waals surface area contributed by atoms with Crippen LogP contribution in [0.5, 0.6) is 0 Å². The molecule has 7 nitrogen and oxygen atoms in total. The number of anilines is 1. The quantitative estimate of drug-likeness (QED) is 0.495. The average molecular weight is 468 g/mol. The van der Waals surface area contributed by atoms with E-state index in [1.165, 1.54) is 68.4 Å². The summed E-state index contributed by atoms with van der Waals surface area (Å²) in [6, 6.07) is 7.88. The van der Waals surface area contributed by atoms with Crippen LogP contribution in [0.15, 0.2) is 18.2 Å². The van der Waals surface area contributed by atoms with E-state index in [0.717, 1.165) is 25.6 Å². The van der Waals surface area contributed by atoms with Crippen molar-refractivity contribution in [3.8, 4) is 0 Å². The van der Waals surface area contributed by atoms with E-state index in [9.17, 15) is 9.59 Å². The SMILES string of the molecule is CCN(NC)C1CCN(C2CCC(c3cccc4c3CCN4C3CCC(=O)NC3=O)CC2)CC1. The van der Waals surface area contributed by atoms with E-state index in [0.29, 0.717) is 24.8 Å². The molecule has 0 spiro atoms. The lowest BCUT2D eigenvalue weighted by Gasteiger charge is -2.43. The van der Waals surface area contributed by atoms with Crippen molar-refractivity contribution in [1.82, 2.24) is 20.7 Å². The number of nitrogens with one attached hydrogen (secondary N) is 2. The lowest BCUT2D eigenvalue weighted by Crippen LogP contribution is -2.52. The van der Waals surface area contributed by atoms with E-state index in [-0.39, 0.29) is 17.9 Å². The standard InChI is InChI=1S/C27H41N5O2/c1-3-32(28-2)21-13-16-30(17-14-21)20-9-7-19(8-10-20)22-5-4-6-24-23(22)15-18-31(24)25-11-12-26(33)29-27(25)34/h4-6,19-21,25,28H,3,7-18H2,1-2H3,(H,29,33,34). The molecule has 1 atom stereocenters. The molecule has 1 aromatic rings. The van der Waals surface area contributed by atoms with Gasteiger partial charge < -0.3 is 9.80 Å². The van der Waals surface area contributed by atoms with Crippen molar-refractivity contribution >= 4 is 17.5 Å². The molecule has 1 aliphatic carbocycles. The van der Waals surface area contributed by atoms with Crippen LogP contribution in [0.1, 0.15) is 75.3 Å². The van der Waals surface area contributed by atoms with Crippen LogP contribution in [-0.2, 0) is 16.0 Å². The summed E-state index contributed by atoms with van der Waals surface area (Å²) in [6.45, 7) is 6.62. The maximum Gasteiger partial charge on any atom is 0.249 e.